The van der Waals surface area contributed by atoms with Crippen molar-refractivity contribution in [2.45, 2.75) is 37.9 Å². The summed E-state index contributed by atoms with van der Waals surface area (Å²) < 4.78 is 64.8. The second-order valence-electron chi connectivity index (χ2n) is 6.88. The number of rotatable bonds is 4. The van der Waals surface area contributed by atoms with Crippen LogP contribution in [0.4, 0.5) is 18.0 Å². The standard InChI is InChI=1S/C15H24F3N3O5S/c1-27(24,25)21-8-4-12(5-9-21)19-13(22)11-2-6-20(7-3-11)14(23)26-10-15(16,17)18/h11-12H,2-10H2,1H3,(H,19,22). The molecule has 0 saturated carbocycles. The minimum absolute atomic E-state index is 0.106. The molecule has 156 valence electrons. The summed E-state index contributed by atoms with van der Waals surface area (Å²) in [5, 5.41) is 2.91. The third-order valence-corrected chi connectivity index (χ3v) is 6.06. The molecular formula is C15H24F3N3O5S. The molecule has 2 amide bonds. The normalized spacial score (nSPS) is 21.1. The molecule has 2 saturated heterocycles. The number of ether oxygens (including phenoxy) is 1. The smallest absolute Gasteiger partial charge is 0.422 e. The molecule has 0 atom stereocenters. The summed E-state index contributed by atoms with van der Waals surface area (Å²) in [5.74, 6) is -0.499. The molecule has 2 heterocycles. The van der Waals surface area contributed by atoms with Crippen LogP contribution >= 0.6 is 0 Å². The van der Waals surface area contributed by atoms with E-state index >= 15 is 0 Å². The first-order valence-electron chi connectivity index (χ1n) is 8.69. The second kappa shape index (κ2) is 8.63. The molecule has 0 spiro atoms. The van der Waals surface area contributed by atoms with Crippen LogP contribution < -0.4 is 5.32 Å². The zero-order valence-electron chi connectivity index (χ0n) is 15.0. The number of hydrogen-bond acceptors (Lipinski definition) is 5. The van der Waals surface area contributed by atoms with Crippen LogP contribution in [0.25, 0.3) is 0 Å². The van der Waals surface area contributed by atoms with Gasteiger partial charge in [0, 0.05) is 38.1 Å². The Hall–Kier alpha value is -1.56. The van der Waals surface area contributed by atoms with Gasteiger partial charge in [-0.15, -0.1) is 0 Å². The summed E-state index contributed by atoms with van der Waals surface area (Å²) in [4.78, 5) is 25.1. The van der Waals surface area contributed by atoms with Crippen molar-refractivity contribution >= 4 is 22.0 Å². The van der Waals surface area contributed by atoms with E-state index in [4.69, 9.17) is 0 Å². The second-order valence-corrected chi connectivity index (χ2v) is 8.86. The van der Waals surface area contributed by atoms with Gasteiger partial charge in [0.25, 0.3) is 0 Å². The van der Waals surface area contributed by atoms with Crippen molar-refractivity contribution in [1.29, 1.82) is 0 Å². The highest BCUT2D eigenvalue weighted by Gasteiger charge is 2.33. The van der Waals surface area contributed by atoms with Gasteiger partial charge >= 0.3 is 12.3 Å². The van der Waals surface area contributed by atoms with Gasteiger partial charge in [-0.1, -0.05) is 0 Å². The molecule has 0 aromatic heterocycles. The first-order valence-corrected chi connectivity index (χ1v) is 10.5. The monoisotopic (exact) mass is 415 g/mol. The Labute approximate surface area is 156 Å². The molecule has 12 heteroatoms. The van der Waals surface area contributed by atoms with Crippen molar-refractivity contribution in [3.05, 3.63) is 0 Å². The van der Waals surface area contributed by atoms with E-state index in [-0.39, 0.29) is 31.0 Å². The van der Waals surface area contributed by atoms with Gasteiger partial charge in [-0.05, 0) is 25.7 Å². The van der Waals surface area contributed by atoms with Gasteiger partial charge in [-0.3, -0.25) is 4.79 Å². The zero-order chi connectivity index (χ0) is 20.2. The number of hydrogen-bond donors (Lipinski definition) is 1. The van der Waals surface area contributed by atoms with Gasteiger partial charge in [-0.25, -0.2) is 17.5 Å². The van der Waals surface area contributed by atoms with Crippen LogP contribution in [-0.2, 0) is 19.6 Å². The molecule has 27 heavy (non-hydrogen) atoms. The number of halogens is 3. The lowest BCUT2D eigenvalue weighted by Gasteiger charge is -2.34. The predicted octanol–water partition coefficient (Wildman–Crippen LogP) is 0.937. The van der Waals surface area contributed by atoms with E-state index in [0.29, 0.717) is 38.8 Å². The fraction of sp³-hybridized carbons (Fsp3) is 0.867. The molecule has 0 aromatic rings. The van der Waals surface area contributed by atoms with Gasteiger partial charge in [0.1, 0.15) is 0 Å². The molecule has 0 unspecified atom stereocenters. The Kier molecular flexibility index (Phi) is 6.95. The number of piperidine rings is 2. The van der Waals surface area contributed by atoms with Crippen LogP contribution in [0.5, 0.6) is 0 Å². The third-order valence-electron chi connectivity index (χ3n) is 4.75. The first kappa shape index (κ1) is 21.7. The Bertz CT molecular complexity index is 640. The lowest BCUT2D eigenvalue weighted by molar-refractivity contribution is -0.162. The lowest BCUT2D eigenvalue weighted by Crippen LogP contribution is -2.49. The molecule has 1 N–H and O–H groups in total. The van der Waals surface area contributed by atoms with E-state index in [0.717, 1.165) is 6.26 Å². The van der Waals surface area contributed by atoms with Gasteiger partial charge in [0.2, 0.25) is 15.9 Å². The summed E-state index contributed by atoms with van der Waals surface area (Å²) in [5.41, 5.74) is 0. The highest BCUT2D eigenvalue weighted by molar-refractivity contribution is 7.88. The topological polar surface area (TPSA) is 96.0 Å². The summed E-state index contributed by atoms with van der Waals surface area (Å²) in [7, 11) is -3.23. The average molecular weight is 415 g/mol. The summed E-state index contributed by atoms with van der Waals surface area (Å²) in [6.07, 6.45) is -2.70. The van der Waals surface area contributed by atoms with Crippen LogP contribution in [0.3, 0.4) is 0 Å². The molecule has 0 radical (unpaired) electrons. The maximum Gasteiger partial charge on any atom is 0.422 e. The fourth-order valence-electron chi connectivity index (χ4n) is 3.21. The quantitative estimate of drug-likeness (QED) is 0.737. The number of likely N-dealkylation sites (tertiary alicyclic amines) is 1. The molecule has 2 fully saturated rings. The third kappa shape index (κ3) is 6.83. The minimum atomic E-state index is -4.57. The summed E-state index contributed by atoms with van der Waals surface area (Å²) in [6, 6.07) is -0.106. The Balaban J connectivity index is 1.72. The van der Waals surface area contributed by atoms with Crippen LogP contribution in [0, 0.1) is 5.92 Å². The Morgan fingerprint density at radius 3 is 2.11 bits per heavy atom. The molecule has 0 aromatic carbocycles. The van der Waals surface area contributed by atoms with Crippen molar-refractivity contribution in [2.75, 3.05) is 39.0 Å². The minimum Gasteiger partial charge on any atom is -0.440 e. The van der Waals surface area contributed by atoms with Crippen LogP contribution in [0.15, 0.2) is 0 Å². The molecular weight excluding hydrogens is 391 g/mol. The predicted molar refractivity (Wildman–Crippen MR) is 89.3 cm³/mol. The van der Waals surface area contributed by atoms with Crippen LogP contribution in [-0.4, -0.2) is 80.9 Å². The first-order chi connectivity index (χ1) is 12.5. The van der Waals surface area contributed by atoms with E-state index in [9.17, 15) is 31.2 Å². The molecule has 0 bridgehead atoms. The molecule has 8 nitrogen and oxygen atoms in total. The van der Waals surface area contributed by atoms with Gasteiger partial charge in [-0.2, -0.15) is 13.2 Å². The molecule has 0 aliphatic carbocycles. The van der Waals surface area contributed by atoms with Crippen molar-refractivity contribution in [3.63, 3.8) is 0 Å². The number of nitrogens with zero attached hydrogens (tertiary/aromatic N) is 2. The van der Waals surface area contributed by atoms with E-state index in [1.807, 2.05) is 0 Å². The zero-order valence-corrected chi connectivity index (χ0v) is 15.8. The van der Waals surface area contributed by atoms with Crippen LogP contribution in [0.1, 0.15) is 25.7 Å². The molecule has 2 aliphatic rings. The van der Waals surface area contributed by atoms with Gasteiger partial charge < -0.3 is 15.0 Å². The van der Waals surface area contributed by atoms with Crippen molar-refractivity contribution in [2.24, 2.45) is 5.92 Å². The van der Waals surface area contributed by atoms with Crippen molar-refractivity contribution < 1.29 is 35.9 Å². The number of sulfonamides is 1. The maximum absolute atomic E-state index is 12.4. The fourth-order valence-corrected chi connectivity index (χ4v) is 4.08. The number of carbonyl (C=O) groups is 2. The van der Waals surface area contributed by atoms with Gasteiger partial charge in [0.05, 0.1) is 6.26 Å². The number of carbonyl (C=O) groups excluding carboxylic acids is 2. The van der Waals surface area contributed by atoms with E-state index in [1.165, 1.54) is 9.21 Å². The van der Waals surface area contributed by atoms with Crippen LogP contribution in [0.2, 0.25) is 0 Å². The van der Waals surface area contributed by atoms with Gasteiger partial charge in [0.15, 0.2) is 6.61 Å². The highest BCUT2D eigenvalue weighted by Crippen LogP contribution is 2.21. The Morgan fingerprint density at radius 2 is 1.63 bits per heavy atom. The highest BCUT2D eigenvalue weighted by atomic mass is 32.2. The van der Waals surface area contributed by atoms with E-state index < -0.39 is 28.9 Å². The SMILES string of the molecule is CS(=O)(=O)N1CCC(NC(=O)C2CCN(C(=O)OCC(F)(F)F)CC2)CC1. The largest absolute Gasteiger partial charge is 0.440 e. The number of amides is 2. The maximum atomic E-state index is 12.4. The Morgan fingerprint density at radius 1 is 1.07 bits per heavy atom. The summed E-state index contributed by atoms with van der Waals surface area (Å²) >= 11 is 0. The average Bonchev–Trinajstić information content (AvgIpc) is 2.59. The lowest BCUT2D eigenvalue weighted by atomic mass is 9.95. The van der Waals surface area contributed by atoms with Crippen molar-refractivity contribution in [3.8, 4) is 0 Å². The molecule has 2 aliphatic heterocycles. The van der Waals surface area contributed by atoms with E-state index in [1.54, 1.807) is 0 Å². The van der Waals surface area contributed by atoms with E-state index in [2.05, 4.69) is 10.1 Å². The number of nitrogens with one attached hydrogen (secondary N) is 1. The van der Waals surface area contributed by atoms with Crippen molar-refractivity contribution in [1.82, 2.24) is 14.5 Å². The summed E-state index contributed by atoms with van der Waals surface area (Å²) in [6.45, 7) is -0.610. The molecule has 2 rings (SSSR count). The number of alkyl halides is 3.